The number of hydrogen-bond acceptors (Lipinski definition) is 5. The van der Waals surface area contributed by atoms with Crippen LogP contribution >= 0.6 is 0 Å². The van der Waals surface area contributed by atoms with E-state index in [1.165, 1.54) is 0 Å². The number of hydrogen-bond donors (Lipinski definition) is 1. The maximum absolute atomic E-state index is 5.54. The molecule has 0 aromatic carbocycles. The average Bonchev–Trinajstić information content (AvgIpc) is 2.35. The van der Waals surface area contributed by atoms with E-state index >= 15 is 0 Å². The van der Waals surface area contributed by atoms with E-state index in [-0.39, 0.29) is 0 Å². The van der Waals surface area contributed by atoms with Crippen molar-refractivity contribution >= 4 is 5.82 Å². The van der Waals surface area contributed by atoms with E-state index in [4.69, 9.17) is 4.74 Å². The van der Waals surface area contributed by atoms with Gasteiger partial charge in [-0.05, 0) is 27.7 Å². The van der Waals surface area contributed by atoms with Crippen LogP contribution in [0.15, 0.2) is 6.33 Å². The Balaban J connectivity index is 2.28. The Kier molecular flexibility index (Phi) is 4.01. The van der Waals surface area contributed by atoms with Gasteiger partial charge in [0.05, 0.1) is 12.2 Å². The van der Waals surface area contributed by atoms with Crippen molar-refractivity contribution in [2.45, 2.75) is 39.8 Å². The summed E-state index contributed by atoms with van der Waals surface area (Å²) in [5, 5.41) is 3.47. The summed E-state index contributed by atoms with van der Waals surface area (Å²) in [5.74, 6) is 1.69. The van der Waals surface area contributed by atoms with Crippen LogP contribution in [0.4, 0.5) is 5.82 Å². The summed E-state index contributed by atoms with van der Waals surface area (Å²) in [6.07, 6.45) is 1.59. The number of nitrogens with one attached hydrogen (secondary N) is 1. The molecule has 18 heavy (non-hydrogen) atoms. The van der Waals surface area contributed by atoms with Gasteiger partial charge in [0.2, 0.25) is 5.88 Å². The first kappa shape index (κ1) is 13.1. The van der Waals surface area contributed by atoms with Crippen LogP contribution in [0.2, 0.25) is 0 Å². The molecule has 0 bridgehead atoms. The second-order valence-electron chi connectivity index (χ2n) is 4.87. The predicted octanol–water partition coefficient (Wildman–Crippen LogP) is 1.37. The molecule has 0 aliphatic carbocycles. The average molecular weight is 250 g/mol. The SMILES string of the molecule is CCOc1ncnc(N2CC(C)NCC2C)c1C. The fourth-order valence-electron chi connectivity index (χ4n) is 2.31. The minimum absolute atomic E-state index is 0.435. The van der Waals surface area contributed by atoms with Crippen LogP contribution < -0.4 is 15.0 Å². The van der Waals surface area contributed by atoms with Gasteiger partial charge in [-0.3, -0.25) is 0 Å². The molecule has 1 saturated heterocycles. The third kappa shape index (κ3) is 2.56. The van der Waals surface area contributed by atoms with Gasteiger partial charge in [0.15, 0.2) is 0 Å². The van der Waals surface area contributed by atoms with Gasteiger partial charge in [0.1, 0.15) is 12.1 Å². The fraction of sp³-hybridized carbons (Fsp3) is 0.692. The molecule has 100 valence electrons. The van der Waals surface area contributed by atoms with Gasteiger partial charge >= 0.3 is 0 Å². The Morgan fingerprint density at radius 2 is 2.22 bits per heavy atom. The Morgan fingerprint density at radius 3 is 2.94 bits per heavy atom. The molecule has 1 aliphatic heterocycles. The standard InChI is InChI=1S/C13H22N4O/c1-5-18-13-11(4)12(15-8-16-13)17-7-9(2)14-6-10(17)3/h8-10,14H,5-7H2,1-4H3. The van der Waals surface area contributed by atoms with Crippen molar-refractivity contribution < 1.29 is 4.74 Å². The first-order chi connectivity index (χ1) is 8.63. The van der Waals surface area contributed by atoms with Crippen LogP contribution in [0.3, 0.4) is 0 Å². The topological polar surface area (TPSA) is 50.3 Å². The molecule has 1 aliphatic rings. The van der Waals surface area contributed by atoms with Crippen molar-refractivity contribution in [1.82, 2.24) is 15.3 Å². The molecular formula is C13H22N4O. The van der Waals surface area contributed by atoms with E-state index in [2.05, 4.69) is 34.0 Å². The third-order valence-corrected chi connectivity index (χ3v) is 3.33. The first-order valence-corrected chi connectivity index (χ1v) is 6.57. The number of aromatic nitrogens is 2. The molecule has 2 rings (SSSR count). The number of rotatable bonds is 3. The van der Waals surface area contributed by atoms with Crippen molar-refractivity contribution in [3.63, 3.8) is 0 Å². The molecule has 1 N–H and O–H groups in total. The van der Waals surface area contributed by atoms with Crippen LogP contribution in [-0.4, -0.2) is 41.7 Å². The summed E-state index contributed by atoms with van der Waals surface area (Å²) >= 11 is 0. The van der Waals surface area contributed by atoms with Crippen molar-refractivity contribution in [2.24, 2.45) is 0 Å². The molecule has 2 heterocycles. The lowest BCUT2D eigenvalue weighted by atomic mass is 10.1. The summed E-state index contributed by atoms with van der Waals surface area (Å²) < 4.78 is 5.54. The van der Waals surface area contributed by atoms with Crippen molar-refractivity contribution in [3.8, 4) is 5.88 Å². The lowest BCUT2D eigenvalue weighted by Crippen LogP contribution is -2.55. The monoisotopic (exact) mass is 250 g/mol. The highest BCUT2D eigenvalue weighted by atomic mass is 16.5. The van der Waals surface area contributed by atoms with Gasteiger partial charge in [-0.25, -0.2) is 9.97 Å². The van der Waals surface area contributed by atoms with Crippen LogP contribution in [0.25, 0.3) is 0 Å². The Hall–Kier alpha value is -1.36. The van der Waals surface area contributed by atoms with E-state index in [9.17, 15) is 0 Å². The molecule has 5 heteroatoms. The zero-order chi connectivity index (χ0) is 13.1. The minimum Gasteiger partial charge on any atom is -0.478 e. The Bertz CT molecular complexity index is 410. The van der Waals surface area contributed by atoms with Crippen LogP contribution in [0, 0.1) is 6.92 Å². The molecule has 0 radical (unpaired) electrons. The smallest absolute Gasteiger partial charge is 0.221 e. The fourth-order valence-corrected chi connectivity index (χ4v) is 2.31. The summed E-state index contributed by atoms with van der Waals surface area (Å²) in [5.41, 5.74) is 1.03. The van der Waals surface area contributed by atoms with Crippen molar-refractivity contribution in [3.05, 3.63) is 11.9 Å². The minimum atomic E-state index is 0.435. The van der Waals surface area contributed by atoms with E-state index in [1.54, 1.807) is 6.33 Å². The lowest BCUT2D eigenvalue weighted by molar-refractivity contribution is 0.323. The normalized spacial score (nSPS) is 24.1. The highest BCUT2D eigenvalue weighted by Crippen LogP contribution is 2.26. The number of anilines is 1. The predicted molar refractivity (Wildman–Crippen MR) is 72.2 cm³/mol. The molecule has 0 saturated carbocycles. The highest BCUT2D eigenvalue weighted by molar-refractivity contribution is 5.51. The molecule has 5 nitrogen and oxygen atoms in total. The third-order valence-electron chi connectivity index (χ3n) is 3.33. The number of ether oxygens (including phenoxy) is 1. The molecule has 0 amide bonds. The summed E-state index contributed by atoms with van der Waals surface area (Å²) in [6.45, 7) is 11.0. The van der Waals surface area contributed by atoms with Gasteiger partial charge in [-0.15, -0.1) is 0 Å². The molecule has 1 aromatic rings. The zero-order valence-electron chi connectivity index (χ0n) is 11.6. The van der Waals surface area contributed by atoms with E-state index in [0.717, 1.165) is 24.5 Å². The maximum atomic E-state index is 5.54. The first-order valence-electron chi connectivity index (χ1n) is 6.57. The number of piperazine rings is 1. The molecule has 2 unspecified atom stereocenters. The quantitative estimate of drug-likeness (QED) is 0.878. The Morgan fingerprint density at radius 1 is 1.44 bits per heavy atom. The summed E-state index contributed by atoms with van der Waals surface area (Å²) in [7, 11) is 0. The molecule has 2 atom stereocenters. The summed E-state index contributed by atoms with van der Waals surface area (Å²) in [4.78, 5) is 11.0. The van der Waals surface area contributed by atoms with Crippen LogP contribution in [-0.2, 0) is 0 Å². The molecule has 1 aromatic heterocycles. The van der Waals surface area contributed by atoms with E-state index < -0.39 is 0 Å². The van der Waals surface area contributed by atoms with Gasteiger partial charge < -0.3 is 15.0 Å². The molecular weight excluding hydrogens is 228 g/mol. The van der Waals surface area contributed by atoms with Gasteiger partial charge in [-0.2, -0.15) is 0 Å². The Labute approximate surface area is 109 Å². The van der Waals surface area contributed by atoms with Gasteiger partial charge in [0.25, 0.3) is 0 Å². The van der Waals surface area contributed by atoms with Crippen LogP contribution in [0.5, 0.6) is 5.88 Å². The molecule has 0 spiro atoms. The zero-order valence-corrected chi connectivity index (χ0v) is 11.6. The molecule has 1 fully saturated rings. The lowest BCUT2D eigenvalue weighted by Gasteiger charge is -2.39. The second kappa shape index (κ2) is 5.52. The van der Waals surface area contributed by atoms with Crippen molar-refractivity contribution in [1.29, 1.82) is 0 Å². The van der Waals surface area contributed by atoms with E-state index in [1.807, 2.05) is 13.8 Å². The second-order valence-corrected chi connectivity index (χ2v) is 4.87. The van der Waals surface area contributed by atoms with Crippen LogP contribution in [0.1, 0.15) is 26.3 Å². The number of nitrogens with zero attached hydrogens (tertiary/aromatic N) is 3. The van der Waals surface area contributed by atoms with E-state index in [0.29, 0.717) is 24.6 Å². The maximum Gasteiger partial charge on any atom is 0.221 e. The largest absolute Gasteiger partial charge is 0.478 e. The highest BCUT2D eigenvalue weighted by Gasteiger charge is 2.25. The van der Waals surface area contributed by atoms with Gasteiger partial charge in [-0.1, -0.05) is 0 Å². The van der Waals surface area contributed by atoms with Crippen molar-refractivity contribution in [2.75, 3.05) is 24.6 Å². The van der Waals surface area contributed by atoms with Gasteiger partial charge in [0, 0.05) is 25.2 Å². The summed E-state index contributed by atoms with van der Waals surface area (Å²) in [6, 6.07) is 0.912.